The topological polar surface area (TPSA) is 94.1 Å². The number of ether oxygens (including phenoxy) is 2. The minimum absolute atomic E-state index is 0.0119. The maximum absolute atomic E-state index is 12.7. The molecule has 0 rings (SSSR count). The summed E-state index contributed by atoms with van der Waals surface area (Å²) in [5.41, 5.74) is 0. The van der Waals surface area contributed by atoms with Crippen molar-refractivity contribution in [2.75, 3.05) is 54.1 Å². The fourth-order valence-corrected chi connectivity index (χ4v) is 6.66. The number of likely N-dealkylation sites (N-methyl/N-ethyl adjacent to an activating group) is 1. The molecule has 2 unspecified atom stereocenters. The monoisotopic (exact) mass is 872 g/mol. The summed E-state index contributed by atoms with van der Waals surface area (Å²) in [5, 5.41) is 0. The zero-order chi connectivity index (χ0) is 44.8. The molecule has 61 heavy (non-hydrogen) atoms. The lowest BCUT2D eigenvalue weighted by atomic mass is 10.1. The van der Waals surface area contributed by atoms with Crippen molar-refractivity contribution in [1.82, 2.24) is 0 Å². The highest BCUT2D eigenvalue weighted by Crippen LogP contribution is 2.38. The standard InChI is InChI=1S/C52H90NO7P/c1-6-8-10-12-14-16-18-20-22-24-25-26-27-28-30-32-34-36-38-40-42-44-47-57-49-51(50-59-61(55,56)58-48-46-53(3,4)5)60-52(54)45-43-41-39-37-35-33-31-29-23-21-19-17-15-13-11-9-7-2/h8,10,14-17,20-23,25-26,28,30,34,36,51H,6-7,9,11-13,18-19,24,27,29,31-33,35,37-50H2,1-5H3/b10-8-,16-14-,17-15-,22-20-,23-21-,26-25-,30-28-,36-34-. The summed E-state index contributed by atoms with van der Waals surface area (Å²) in [7, 11) is 1.31. The van der Waals surface area contributed by atoms with Crippen LogP contribution in [-0.4, -0.2) is 70.7 Å². The number of nitrogens with zero attached hydrogens (tertiary/aromatic N) is 1. The predicted octanol–water partition coefficient (Wildman–Crippen LogP) is 14.0. The molecule has 0 aromatic carbocycles. The first-order chi connectivity index (χ1) is 29.6. The Labute approximate surface area is 375 Å². The zero-order valence-electron chi connectivity index (χ0n) is 39.6. The van der Waals surface area contributed by atoms with Crippen LogP contribution in [0.5, 0.6) is 0 Å². The molecule has 0 aromatic rings. The van der Waals surface area contributed by atoms with Crippen LogP contribution in [0.2, 0.25) is 0 Å². The van der Waals surface area contributed by atoms with Crippen LogP contribution >= 0.6 is 7.82 Å². The molecule has 0 radical (unpaired) electrons. The Morgan fingerprint density at radius 1 is 0.525 bits per heavy atom. The fraction of sp³-hybridized carbons (Fsp3) is 0.673. The van der Waals surface area contributed by atoms with E-state index in [1.807, 2.05) is 21.1 Å². The second kappa shape index (κ2) is 44.0. The number of quaternary nitrogens is 1. The molecule has 0 aromatic heterocycles. The SMILES string of the molecule is CC/C=C\C/C=C\C/C=C\C/C=C\C/C=C\C/C=C\CCCCCOCC(COP(=O)([O-])OCC[N+](C)(C)C)OC(=O)CCCCCCCCC/C=C\C/C=C\CCCCC. The van der Waals surface area contributed by atoms with Crippen LogP contribution in [-0.2, 0) is 27.9 Å². The predicted molar refractivity (Wildman–Crippen MR) is 258 cm³/mol. The van der Waals surface area contributed by atoms with E-state index in [0.717, 1.165) is 103 Å². The Kier molecular flexibility index (Phi) is 42.2. The lowest BCUT2D eigenvalue weighted by Gasteiger charge is -2.28. The van der Waals surface area contributed by atoms with E-state index < -0.39 is 13.9 Å². The van der Waals surface area contributed by atoms with E-state index in [9.17, 15) is 14.3 Å². The molecule has 350 valence electrons. The van der Waals surface area contributed by atoms with Gasteiger partial charge in [0.05, 0.1) is 34.4 Å². The van der Waals surface area contributed by atoms with Crippen LogP contribution in [0.25, 0.3) is 0 Å². The number of phosphoric ester groups is 1. The van der Waals surface area contributed by atoms with Gasteiger partial charge in [-0.05, 0) is 96.3 Å². The van der Waals surface area contributed by atoms with Crippen molar-refractivity contribution in [3.05, 3.63) is 97.2 Å². The summed E-state index contributed by atoms with van der Waals surface area (Å²) in [6, 6.07) is 0. The number of allylic oxidation sites excluding steroid dienone is 16. The molecule has 0 spiro atoms. The van der Waals surface area contributed by atoms with Crippen molar-refractivity contribution in [2.24, 2.45) is 0 Å². The minimum atomic E-state index is -4.55. The van der Waals surface area contributed by atoms with Gasteiger partial charge in [0.1, 0.15) is 19.3 Å². The third-order valence-corrected chi connectivity index (χ3v) is 10.6. The number of hydrogen-bond acceptors (Lipinski definition) is 7. The Bertz CT molecular complexity index is 1290. The highest BCUT2D eigenvalue weighted by molar-refractivity contribution is 7.45. The van der Waals surface area contributed by atoms with Gasteiger partial charge in [0.2, 0.25) is 0 Å². The first-order valence-corrected chi connectivity index (χ1v) is 25.4. The third-order valence-electron chi connectivity index (χ3n) is 9.62. The molecule has 0 saturated carbocycles. The van der Waals surface area contributed by atoms with Crippen molar-refractivity contribution in [3.8, 4) is 0 Å². The Morgan fingerprint density at radius 2 is 0.951 bits per heavy atom. The summed E-state index contributed by atoms with van der Waals surface area (Å²) in [6.07, 6.45) is 60.0. The normalized spacial score (nSPS) is 14.5. The molecule has 0 aliphatic carbocycles. The molecule has 0 bridgehead atoms. The minimum Gasteiger partial charge on any atom is -0.756 e. The van der Waals surface area contributed by atoms with Crippen LogP contribution < -0.4 is 4.89 Å². The lowest BCUT2D eigenvalue weighted by Crippen LogP contribution is -2.37. The summed E-state index contributed by atoms with van der Waals surface area (Å²) >= 11 is 0. The molecule has 2 atom stereocenters. The number of carbonyl (C=O) groups excluding carboxylic acids is 1. The van der Waals surface area contributed by atoms with E-state index in [1.165, 1.54) is 44.9 Å². The van der Waals surface area contributed by atoms with E-state index in [0.29, 0.717) is 17.6 Å². The maximum Gasteiger partial charge on any atom is 0.306 e. The molecule has 8 nitrogen and oxygen atoms in total. The van der Waals surface area contributed by atoms with E-state index in [1.54, 1.807) is 0 Å². The van der Waals surface area contributed by atoms with Crippen LogP contribution in [0, 0.1) is 0 Å². The first-order valence-electron chi connectivity index (χ1n) is 24.0. The van der Waals surface area contributed by atoms with Crippen LogP contribution in [0.15, 0.2) is 97.2 Å². The van der Waals surface area contributed by atoms with Gasteiger partial charge in [0, 0.05) is 13.0 Å². The van der Waals surface area contributed by atoms with Crippen molar-refractivity contribution in [3.63, 3.8) is 0 Å². The maximum atomic E-state index is 12.7. The van der Waals surface area contributed by atoms with Crippen LogP contribution in [0.1, 0.15) is 168 Å². The number of phosphoric acid groups is 1. The van der Waals surface area contributed by atoms with Gasteiger partial charge in [-0.15, -0.1) is 0 Å². The van der Waals surface area contributed by atoms with E-state index in [4.69, 9.17) is 18.5 Å². The highest BCUT2D eigenvalue weighted by atomic mass is 31.2. The van der Waals surface area contributed by atoms with Crippen molar-refractivity contribution >= 4 is 13.8 Å². The molecule has 0 N–H and O–H groups in total. The highest BCUT2D eigenvalue weighted by Gasteiger charge is 2.20. The smallest absolute Gasteiger partial charge is 0.306 e. The van der Waals surface area contributed by atoms with Gasteiger partial charge in [-0.2, -0.15) is 0 Å². The average molecular weight is 872 g/mol. The number of carbonyl (C=O) groups is 1. The van der Waals surface area contributed by atoms with Gasteiger partial charge < -0.3 is 27.9 Å². The molecule has 0 amide bonds. The molecular formula is C52H90NO7P. The van der Waals surface area contributed by atoms with Gasteiger partial charge in [-0.3, -0.25) is 9.36 Å². The Hall–Kier alpha value is -2.58. The molecule has 0 fully saturated rings. The summed E-state index contributed by atoms with van der Waals surface area (Å²) in [6.45, 7) is 5.15. The largest absolute Gasteiger partial charge is 0.756 e. The number of rotatable bonds is 43. The number of hydrogen-bond donors (Lipinski definition) is 0. The third kappa shape index (κ3) is 48.3. The molecule has 0 heterocycles. The molecule has 9 heteroatoms. The summed E-state index contributed by atoms with van der Waals surface area (Å²) in [5.74, 6) is -0.358. The Balaban J connectivity index is 4.30. The molecule has 0 aliphatic rings. The summed E-state index contributed by atoms with van der Waals surface area (Å²) < 4.78 is 34.6. The number of unbranched alkanes of at least 4 members (excludes halogenated alkanes) is 13. The fourth-order valence-electron chi connectivity index (χ4n) is 5.93. The van der Waals surface area contributed by atoms with E-state index in [-0.39, 0.29) is 32.2 Å². The van der Waals surface area contributed by atoms with Gasteiger partial charge in [0.15, 0.2) is 0 Å². The summed E-state index contributed by atoms with van der Waals surface area (Å²) in [4.78, 5) is 25.1. The van der Waals surface area contributed by atoms with Crippen molar-refractivity contribution in [1.29, 1.82) is 0 Å². The second-order valence-electron chi connectivity index (χ2n) is 16.7. The van der Waals surface area contributed by atoms with Crippen molar-refractivity contribution < 1.29 is 37.3 Å². The van der Waals surface area contributed by atoms with Crippen molar-refractivity contribution in [2.45, 2.75) is 174 Å². The van der Waals surface area contributed by atoms with Gasteiger partial charge in [-0.25, -0.2) is 0 Å². The second-order valence-corrected chi connectivity index (χ2v) is 18.1. The van der Waals surface area contributed by atoms with Gasteiger partial charge >= 0.3 is 5.97 Å². The van der Waals surface area contributed by atoms with E-state index in [2.05, 4.69) is 111 Å². The first kappa shape index (κ1) is 58.4. The average Bonchev–Trinajstić information content (AvgIpc) is 3.22. The van der Waals surface area contributed by atoms with E-state index >= 15 is 0 Å². The Morgan fingerprint density at radius 3 is 1.43 bits per heavy atom. The quantitative estimate of drug-likeness (QED) is 0.0198. The van der Waals surface area contributed by atoms with Gasteiger partial charge in [0.25, 0.3) is 7.82 Å². The molecule has 0 aliphatic heterocycles. The lowest BCUT2D eigenvalue weighted by molar-refractivity contribution is -0.870. The van der Waals surface area contributed by atoms with Crippen LogP contribution in [0.3, 0.4) is 0 Å². The number of esters is 1. The molecule has 0 saturated heterocycles. The molecular weight excluding hydrogens is 782 g/mol. The zero-order valence-corrected chi connectivity index (χ0v) is 40.5. The van der Waals surface area contributed by atoms with Crippen LogP contribution in [0.4, 0.5) is 0 Å². The van der Waals surface area contributed by atoms with Gasteiger partial charge in [-0.1, -0.05) is 162 Å².